The van der Waals surface area contributed by atoms with Gasteiger partial charge in [-0.3, -0.25) is 4.98 Å². The molecule has 0 bridgehead atoms. The first-order chi connectivity index (χ1) is 13.8. The summed E-state index contributed by atoms with van der Waals surface area (Å²) in [5, 5.41) is 5.23. The van der Waals surface area contributed by atoms with E-state index in [-0.39, 0.29) is 12.0 Å². The van der Waals surface area contributed by atoms with Crippen LogP contribution in [-0.4, -0.2) is 37.9 Å². The summed E-state index contributed by atoms with van der Waals surface area (Å²) < 4.78 is 15.5. The first-order valence-electron chi connectivity index (χ1n) is 9.87. The summed E-state index contributed by atoms with van der Waals surface area (Å²) in [5.41, 5.74) is 2.53. The quantitative estimate of drug-likeness (QED) is 0.406. The molecule has 0 radical (unpaired) electrons. The van der Waals surface area contributed by atoms with Gasteiger partial charge in [-0.1, -0.05) is 11.8 Å². The Bertz CT molecular complexity index is 1040. The fourth-order valence-electron chi connectivity index (χ4n) is 4.02. The molecule has 2 atom stereocenters. The highest BCUT2D eigenvalue weighted by atomic mass is 32.2. The van der Waals surface area contributed by atoms with Gasteiger partial charge in [0.25, 0.3) is 0 Å². The Morgan fingerprint density at radius 2 is 1.97 bits per heavy atom. The zero-order chi connectivity index (χ0) is 20.8. The van der Waals surface area contributed by atoms with E-state index >= 15 is 0 Å². The second kappa shape index (κ2) is 7.80. The molecule has 5 nitrogen and oxygen atoms in total. The Morgan fingerprint density at radius 3 is 2.62 bits per heavy atom. The Labute approximate surface area is 179 Å². The highest BCUT2D eigenvalue weighted by Crippen LogP contribution is 2.40. The zero-order valence-corrected chi connectivity index (χ0v) is 19.0. The van der Waals surface area contributed by atoms with E-state index in [2.05, 4.69) is 15.3 Å². The number of thiazole rings is 1. The van der Waals surface area contributed by atoms with E-state index in [1.54, 1.807) is 25.2 Å². The van der Waals surface area contributed by atoms with Gasteiger partial charge in [-0.2, -0.15) is 0 Å². The van der Waals surface area contributed by atoms with E-state index in [9.17, 15) is 4.39 Å². The van der Waals surface area contributed by atoms with E-state index < -0.39 is 5.67 Å². The van der Waals surface area contributed by atoms with Crippen molar-refractivity contribution < 1.29 is 4.39 Å². The second-order valence-electron chi connectivity index (χ2n) is 8.20. The highest BCUT2D eigenvalue weighted by molar-refractivity contribution is 7.98. The molecule has 1 fully saturated rings. The van der Waals surface area contributed by atoms with E-state index in [0.29, 0.717) is 0 Å². The minimum Gasteiger partial charge on any atom is -0.367 e. The normalized spacial score (nSPS) is 19.8. The van der Waals surface area contributed by atoms with Crippen LogP contribution in [0, 0.1) is 19.8 Å². The number of aryl methyl sites for hydroxylation is 2. The molecule has 1 aliphatic rings. The minimum absolute atomic E-state index is 0.0718. The molecule has 1 N–H and O–H groups in total. The molecule has 8 heteroatoms. The van der Waals surface area contributed by atoms with E-state index in [0.717, 1.165) is 62.4 Å². The van der Waals surface area contributed by atoms with Crippen molar-refractivity contribution in [2.45, 2.75) is 63.8 Å². The lowest BCUT2D eigenvalue weighted by Gasteiger charge is -2.23. The third-order valence-corrected chi connectivity index (χ3v) is 7.29. The van der Waals surface area contributed by atoms with Crippen molar-refractivity contribution in [3.05, 3.63) is 23.7 Å². The number of fused-ring (bicyclic) bond motifs is 1. The number of hydrogen-bond acceptors (Lipinski definition) is 7. The smallest absolute Gasteiger partial charge is 0.189 e. The van der Waals surface area contributed by atoms with Gasteiger partial charge in [0.1, 0.15) is 22.0 Å². The molecule has 29 heavy (non-hydrogen) atoms. The van der Waals surface area contributed by atoms with E-state index in [4.69, 9.17) is 9.97 Å². The summed E-state index contributed by atoms with van der Waals surface area (Å²) in [6.07, 6.45) is 6.43. The number of hydrogen-bond donors (Lipinski definition) is 1. The molecule has 0 aliphatic heterocycles. The maximum absolute atomic E-state index is 14.4. The van der Waals surface area contributed by atoms with Crippen LogP contribution in [0.1, 0.15) is 44.5 Å². The standard InChI is InChI=1S/C21H26FN5S2/c1-11-16(19-26-17-12(2)23-9-8-15(17)29-19)18(27-20(24-11)28-5)25-14-7-6-13(10-14)21(3,4)22/h8-9,13-14H,6-7,10H2,1-5H3,(H,24,25,27)/t13?,14-/m0/s1. The Kier molecular flexibility index (Phi) is 5.50. The van der Waals surface area contributed by atoms with E-state index in [1.807, 2.05) is 32.4 Å². The predicted octanol–water partition coefficient (Wildman–Crippen LogP) is 5.82. The minimum atomic E-state index is -1.15. The molecule has 3 aromatic heterocycles. The van der Waals surface area contributed by atoms with Crippen LogP contribution in [0.4, 0.5) is 10.2 Å². The molecule has 154 valence electrons. The monoisotopic (exact) mass is 431 g/mol. The molecule has 0 saturated heterocycles. The highest BCUT2D eigenvalue weighted by Gasteiger charge is 2.36. The summed E-state index contributed by atoms with van der Waals surface area (Å²) in [6.45, 7) is 7.34. The number of pyridine rings is 1. The average molecular weight is 432 g/mol. The molecule has 3 heterocycles. The van der Waals surface area contributed by atoms with Crippen molar-refractivity contribution in [2.75, 3.05) is 11.6 Å². The number of nitrogens with zero attached hydrogens (tertiary/aromatic N) is 4. The predicted molar refractivity (Wildman–Crippen MR) is 120 cm³/mol. The average Bonchev–Trinajstić information content (AvgIpc) is 3.29. The molecule has 0 spiro atoms. The summed E-state index contributed by atoms with van der Waals surface area (Å²) in [7, 11) is 0. The number of halogens is 1. The largest absolute Gasteiger partial charge is 0.367 e. The first kappa shape index (κ1) is 20.5. The van der Waals surface area contributed by atoms with Crippen LogP contribution in [0.15, 0.2) is 17.4 Å². The third-order valence-electron chi connectivity index (χ3n) is 5.70. The van der Waals surface area contributed by atoms with Crippen LogP contribution < -0.4 is 5.32 Å². The maximum atomic E-state index is 14.4. The summed E-state index contributed by atoms with van der Waals surface area (Å²) in [4.78, 5) is 18.6. The molecule has 1 unspecified atom stereocenters. The fraction of sp³-hybridized carbons (Fsp3) is 0.524. The second-order valence-corrected chi connectivity index (χ2v) is 10.0. The molecule has 0 aromatic carbocycles. The van der Waals surface area contributed by atoms with Gasteiger partial charge in [0.2, 0.25) is 0 Å². The van der Waals surface area contributed by atoms with Gasteiger partial charge < -0.3 is 5.32 Å². The SMILES string of the molecule is CSc1nc(C)c(-c2nc3c(C)nccc3s2)c(N[C@H]2CCC(C(C)(C)F)C2)n1. The van der Waals surface area contributed by atoms with Crippen molar-refractivity contribution in [3.63, 3.8) is 0 Å². The molecule has 4 rings (SSSR count). The van der Waals surface area contributed by atoms with Gasteiger partial charge in [-0.15, -0.1) is 11.3 Å². The number of thioether (sulfide) groups is 1. The number of rotatable bonds is 5. The van der Waals surface area contributed by atoms with Crippen LogP contribution in [0.5, 0.6) is 0 Å². The molecule has 0 amide bonds. The Balaban J connectivity index is 1.73. The fourth-order valence-corrected chi connectivity index (χ4v) is 5.54. The van der Waals surface area contributed by atoms with Gasteiger partial charge in [0.05, 0.1) is 21.7 Å². The van der Waals surface area contributed by atoms with Crippen LogP contribution in [-0.2, 0) is 0 Å². The molecule has 3 aromatic rings. The number of alkyl halides is 1. The van der Waals surface area contributed by atoms with Crippen LogP contribution in [0.3, 0.4) is 0 Å². The van der Waals surface area contributed by atoms with Crippen molar-refractivity contribution in [3.8, 4) is 10.6 Å². The topological polar surface area (TPSA) is 63.6 Å². The van der Waals surface area contributed by atoms with Crippen molar-refractivity contribution in [1.82, 2.24) is 19.9 Å². The van der Waals surface area contributed by atoms with Crippen LogP contribution >= 0.6 is 23.1 Å². The van der Waals surface area contributed by atoms with E-state index in [1.165, 1.54) is 11.8 Å². The van der Waals surface area contributed by atoms with Crippen molar-refractivity contribution >= 4 is 39.1 Å². The van der Waals surface area contributed by atoms with Gasteiger partial charge in [0.15, 0.2) is 5.16 Å². The lowest BCUT2D eigenvalue weighted by atomic mass is 9.91. The van der Waals surface area contributed by atoms with Crippen LogP contribution in [0.2, 0.25) is 0 Å². The summed E-state index contributed by atoms with van der Waals surface area (Å²) >= 11 is 3.15. The van der Waals surface area contributed by atoms with Gasteiger partial charge in [0, 0.05) is 12.2 Å². The lowest BCUT2D eigenvalue weighted by Crippen LogP contribution is -2.25. The summed E-state index contributed by atoms with van der Waals surface area (Å²) in [6, 6.07) is 2.20. The Morgan fingerprint density at radius 1 is 1.17 bits per heavy atom. The molecular formula is C21H26FN5S2. The zero-order valence-electron chi connectivity index (χ0n) is 17.4. The number of anilines is 1. The third kappa shape index (κ3) is 4.10. The first-order valence-corrected chi connectivity index (χ1v) is 11.9. The Hall–Kier alpha value is -1.80. The molecular weight excluding hydrogens is 405 g/mol. The van der Waals surface area contributed by atoms with Crippen molar-refractivity contribution in [1.29, 1.82) is 0 Å². The number of nitrogens with one attached hydrogen (secondary N) is 1. The number of aromatic nitrogens is 4. The van der Waals surface area contributed by atoms with Gasteiger partial charge in [-0.25, -0.2) is 19.3 Å². The maximum Gasteiger partial charge on any atom is 0.189 e. The molecule has 1 aliphatic carbocycles. The van der Waals surface area contributed by atoms with Crippen LogP contribution in [0.25, 0.3) is 20.8 Å². The summed E-state index contributed by atoms with van der Waals surface area (Å²) in [5.74, 6) is 0.872. The van der Waals surface area contributed by atoms with Crippen molar-refractivity contribution in [2.24, 2.45) is 5.92 Å². The molecule has 1 saturated carbocycles. The van der Waals surface area contributed by atoms with Gasteiger partial charge in [-0.05, 0) is 65.2 Å². The van der Waals surface area contributed by atoms with Gasteiger partial charge >= 0.3 is 0 Å². The lowest BCUT2D eigenvalue weighted by molar-refractivity contribution is 0.127.